The molecular weight excluding hydrogens is 648 g/mol. The fourth-order valence-electron chi connectivity index (χ4n) is 6.46. The molecule has 5 heterocycles. The number of ether oxygens (including phenoxy) is 3. The predicted octanol–water partition coefficient (Wildman–Crippen LogP) is 3.85. The Morgan fingerprint density at radius 1 is 0.863 bits per heavy atom. The molecule has 14 heteroatoms. The summed E-state index contributed by atoms with van der Waals surface area (Å²) in [6, 6.07) is 23.8. The van der Waals surface area contributed by atoms with Crippen LogP contribution in [0.15, 0.2) is 107 Å². The Morgan fingerprint density at radius 3 is 2.12 bits per heavy atom. The number of terminal acetylenes is 1. The van der Waals surface area contributed by atoms with Gasteiger partial charge < -0.3 is 24.0 Å². The molecule has 0 unspecified atom stereocenters. The van der Waals surface area contributed by atoms with E-state index < -0.39 is 5.79 Å². The zero-order valence-electron chi connectivity index (χ0n) is 28.3. The summed E-state index contributed by atoms with van der Waals surface area (Å²) in [6.45, 7) is 6.94. The molecule has 8 rings (SSSR count). The van der Waals surface area contributed by atoms with Gasteiger partial charge in [0.2, 0.25) is 5.79 Å². The molecule has 0 aliphatic carbocycles. The van der Waals surface area contributed by atoms with Crippen molar-refractivity contribution < 1.29 is 14.2 Å². The molecule has 2 fully saturated rings. The molecule has 0 bridgehead atoms. The van der Waals surface area contributed by atoms with Gasteiger partial charge in [-0.3, -0.25) is 0 Å². The van der Waals surface area contributed by atoms with Crippen LogP contribution in [0.2, 0.25) is 0 Å². The van der Waals surface area contributed by atoms with Crippen molar-refractivity contribution in [2.75, 3.05) is 49.2 Å². The van der Waals surface area contributed by atoms with Crippen molar-refractivity contribution in [2.45, 2.75) is 44.0 Å². The van der Waals surface area contributed by atoms with Crippen molar-refractivity contribution in [3.05, 3.63) is 113 Å². The largest absolute Gasteiger partial charge is 0.491 e. The number of hydrogen-bond donors (Lipinski definition) is 0. The number of hydrogen-bond acceptors (Lipinski definition) is 11. The first kappa shape index (κ1) is 32.4. The molecule has 2 aromatic heterocycles. The maximum absolute atomic E-state index is 12.9. The highest BCUT2D eigenvalue weighted by Crippen LogP contribution is 2.36. The van der Waals surface area contributed by atoms with Crippen LogP contribution in [-0.4, -0.2) is 80.5 Å². The molecule has 2 atom stereocenters. The smallest absolute Gasteiger partial charge is 0.350 e. The predicted molar refractivity (Wildman–Crippen MR) is 189 cm³/mol. The minimum Gasteiger partial charge on any atom is -0.491 e. The van der Waals surface area contributed by atoms with Crippen molar-refractivity contribution in [3.8, 4) is 23.8 Å². The fourth-order valence-corrected chi connectivity index (χ4v) is 6.46. The molecule has 0 saturated carbocycles. The van der Waals surface area contributed by atoms with Gasteiger partial charge in [-0.25, -0.2) is 14.0 Å². The zero-order chi connectivity index (χ0) is 34.8. The Kier molecular flexibility index (Phi) is 8.58. The lowest BCUT2D eigenvalue weighted by Crippen LogP contribution is -2.46. The van der Waals surface area contributed by atoms with Gasteiger partial charge >= 0.3 is 5.69 Å². The lowest BCUT2D eigenvalue weighted by molar-refractivity contribution is -0.192. The van der Waals surface area contributed by atoms with E-state index in [1.165, 1.54) is 4.68 Å². The topological polar surface area (TPSA) is 129 Å². The van der Waals surface area contributed by atoms with Gasteiger partial charge in [0.15, 0.2) is 5.66 Å². The van der Waals surface area contributed by atoms with Crippen LogP contribution < -0.4 is 20.2 Å². The Balaban J connectivity index is 0.830. The molecule has 14 nitrogen and oxygen atoms in total. The molecule has 0 spiro atoms. The van der Waals surface area contributed by atoms with Gasteiger partial charge in [0, 0.05) is 55.1 Å². The van der Waals surface area contributed by atoms with Gasteiger partial charge in [-0.2, -0.15) is 30.3 Å². The molecule has 2 saturated heterocycles. The summed E-state index contributed by atoms with van der Waals surface area (Å²) in [5, 5.41) is 20.8. The molecule has 3 aromatic carbocycles. The molecule has 260 valence electrons. The first-order chi connectivity index (χ1) is 24.9. The number of rotatable bonds is 12. The van der Waals surface area contributed by atoms with Gasteiger partial charge in [0.25, 0.3) is 0 Å². The number of nitrogens with zero attached hydrogens (tertiary/aromatic N) is 10. The van der Waals surface area contributed by atoms with Gasteiger partial charge in [0.05, 0.1) is 31.2 Å². The van der Waals surface area contributed by atoms with Crippen LogP contribution in [0.1, 0.15) is 24.5 Å². The SMILES string of the molecule is C#Cc1ccc([C@]2(Cn3nccn3)OC[C@@H](COc3ccc(N4CCN(c5ccc(-n6cnn(CCC7(C)N=N7)c6=O)cc5)CC4)cc3)O2)cc1. The van der Waals surface area contributed by atoms with Crippen LogP contribution in [-0.2, 0) is 28.4 Å². The fraction of sp³-hybridized carbons (Fsp3) is 0.351. The zero-order valence-corrected chi connectivity index (χ0v) is 28.3. The van der Waals surface area contributed by atoms with E-state index in [1.807, 2.05) is 55.5 Å². The van der Waals surface area contributed by atoms with E-state index in [4.69, 9.17) is 20.6 Å². The van der Waals surface area contributed by atoms with Crippen LogP contribution in [0.4, 0.5) is 11.4 Å². The molecule has 3 aliphatic rings. The summed E-state index contributed by atoms with van der Waals surface area (Å²) < 4.78 is 22.0. The summed E-state index contributed by atoms with van der Waals surface area (Å²) in [5.74, 6) is 2.35. The van der Waals surface area contributed by atoms with Crippen LogP contribution >= 0.6 is 0 Å². The van der Waals surface area contributed by atoms with Gasteiger partial charge in [-0.15, -0.1) is 6.42 Å². The van der Waals surface area contributed by atoms with Crippen molar-refractivity contribution in [1.82, 2.24) is 29.3 Å². The van der Waals surface area contributed by atoms with E-state index in [-0.39, 0.29) is 17.5 Å². The Morgan fingerprint density at radius 2 is 1.49 bits per heavy atom. The number of aromatic nitrogens is 6. The third-order valence-electron chi connectivity index (χ3n) is 9.55. The normalized spacial score (nSPS) is 20.7. The number of anilines is 2. The van der Waals surface area contributed by atoms with E-state index >= 15 is 0 Å². The van der Waals surface area contributed by atoms with E-state index in [9.17, 15) is 4.79 Å². The van der Waals surface area contributed by atoms with Crippen LogP contribution in [0.3, 0.4) is 0 Å². The highest BCUT2D eigenvalue weighted by atomic mass is 16.8. The third-order valence-corrected chi connectivity index (χ3v) is 9.55. The molecule has 3 aliphatic heterocycles. The molecular formula is C37H38N10O4. The molecule has 51 heavy (non-hydrogen) atoms. The van der Waals surface area contributed by atoms with E-state index in [0.29, 0.717) is 32.7 Å². The average molecular weight is 687 g/mol. The quantitative estimate of drug-likeness (QED) is 0.180. The highest BCUT2D eigenvalue weighted by Gasteiger charge is 2.44. The number of piperazine rings is 1. The summed E-state index contributed by atoms with van der Waals surface area (Å²) in [4.78, 5) is 19.2. The van der Waals surface area contributed by atoms with Gasteiger partial charge in [-0.05, 0) is 67.6 Å². The second-order valence-electron chi connectivity index (χ2n) is 13.1. The van der Waals surface area contributed by atoms with E-state index in [2.05, 4.69) is 65.5 Å². The maximum Gasteiger partial charge on any atom is 0.350 e. The van der Waals surface area contributed by atoms with Crippen molar-refractivity contribution in [1.29, 1.82) is 0 Å². The first-order valence-corrected chi connectivity index (χ1v) is 17.0. The highest BCUT2D eigenvalue weighted by molar-refractivity contribution is 5.54. The number of benzene rings is 3. The van der Waals surface area contributed by atoms with Crippen molar-refractivity contribution in [3.63, 3.8) is 0 Å². The lowest BCUT2D eigenvalue weighted by Gasteiger charge is -2.37. The van der Waals surface area contributed by atoms with E-state index in [1.54, 1.807) is 28.1 Å². The maximum atomic E-state index is 12.9. The van der Waals surface area contributed by atoms with Gasteiger partial charge in [0.1, 0.15) is 31.3 Å². The van der Waals surface area contributed by atoms with Crippen molar-refractivity contribution >= 4 is 11.4 Å². The van der Waals surface area contributed by atoms with Crippen molar-refractivity contribution in [2.24, 2.45) is 10.2 Å². The summed E-state index contributed by atoms with van der Waals surface area (Å²) in [6.07, 6.45) is 10.8. The Bertz CT molecular complexity index is 2070. The molecule has 0 radical (unpaired) electrons. The second-order valence-corrected chi connectivity index (χ2v) is 13.1. The average Bonchev–Trinajstić information content (AvgIpc) is 3.51. The van der Waals surface area contributed by atoms with Crippen LogP contribution in [0, 0.1) is 12.3 Å². The second kappa shape index (κ2) is 13.5. The summed E-state index contributed by atoms with van der Waals surface area (Å²) >= 11 is 0. The van der Waals surface area contributed by atoms with E-state index in [0.717, 1.165) is 60.1 Å². The summed E-state index contributed by atoms with van der Waals surface area (Å²) in [7, 11) is 0. The molecule has 0 N–H and O–H groups in total. The minimum atomic E-state index is -1.06. The Labute approximate surface area is 294 Å². The van der Waals surface area contributed by atoms with Crippen LogP contribution in [0.5, 0.6) is 5.75 Å². The Hall–Kier alpha value is -5.78. The molecule has 0 amide bonds. The first-order valence-electron chi connectivity index (χ1n) is 17.0. The monoisotopic (exact) mass is 686 g/mol. The lowest BCUT2D eigenvalue weighted by atomic mass is 10.0. The van der Waals surface area contributed by atoms with Crippen LogP contribution in [0.25, 0.3) is 5.69 Å². The van der Waals surface area contributed by atoms with Gasteiger partial charge in [-0.1, -0.05) is 18.1 Å². The minimum absolute atomic E-state index is 0.165. The standard InChI is InChI=1S/C37H38N10O4/c1-3-28-4-6-29(7-5-28)37(26-47-38-17-18-39-47)50-25-34(51-37)24-49-33-14-12-31(13-15-33)44-22-20-43(21-23-44)30-8-10-32(11-9-30)45-27-40-46(35(45)48)19-16-36(2)41-42-36/h1,4-15,17-18,27,34H,16,19-26H2,2H3/t34-,37-/m1/s1. The molecule has 5 aromatic rings. The number of aryl methyl sites for hydroxylation is 1. The third kappa shape index (κ3) is 6.99. The summed E-state index contributed by atoms with van der Waals surface area (Å²) in [5.41, 5.74) is 4.16.